The van der Waals surface area contributed by atoms with Crippen LogP contribution in [-0.4, -0.2) is 49.5 Å². The average molecular weight is 329 g/mol. The predicted octanol–water partition coefficient (Wildman–Crippen LogP) is 2.53. The van der Waals surface area contributed by atoms with E-state index in [1.54, 1.807) is 0 Å². The molecule has 1 aliphatic rings. The van der Waals surface area contributed by atoms with E-state index in [2.05, 4.69) is 61.2 Å². The number of aliphatic hydroxyl groups is 1. The third-order valence-electron chi connectivity index (χ3n) is 5.28. The smallest absolute Gasteiger partial charge is 0.142 e. The Morgan fingerprint density at radius 1 is 1.33 bits per heavy atom. The summed E-state index contributed by atoms with van der Waals surface area (Å²) < 4.78 is 5.63. The van der Waals surface area contributed by atoms with Crippen LogP contribution in [0, 0.1) is 6.92 Å². The summed E-state index contributed by atoms with van der Waals surface area (Å²) in [5.41, 5.74) is 3.99. The Hall–Kier alpha value is -1.85. The number of hydrogen-bond donors (Lipinski definition) is 1. The third kappa shape index (κ3) is 2.26. The lowest BCUT2D eigenvalue weighted by Crippen LogP contribution is -2.52. The molecule has 0 saturated heterocycles. The number of benzene rings is 1. The lowest BCUT2D eigenvalue weighted by Gasteiger charge is -2.43. The van der Waals surface area contributed by atoms with Crippen LogP contribution in [0.15, 0.2) is 28.8 Å². The molecule has 0 aliphatic carbocycles. The van der Waals surface area contributed by atoms with E-state index in [0.717, 1.165) is 30.0 Å². The van der Waals surface area contributed by atoms with Gasteiger partial charge in [-0.3, -0.25) is 0 Å². The lowest BCUT2D eigenvalue weighted by atomic mass is 9.75. The van der Waals surface area contributed by atoms with Crippen molar-refractivity contribution in [2.75, 3.05) is 39.2 Å². The second kappa shape index (κ2) is 6.22. The van der Waals surface area contributed by atoms with Crippen molar-refractivity contribution in [2.45, 2.75) is 31.7 Å². The van der Waals surface area contributed by atoms with Gasteiger partial charge < -0.3 is 19.4 Å². The van der Waals surface area contributed by atoms with Crippen LogP contribution in [0.4, 0.5) is 5.69 Å². The summed E-state index contributed by atoms with van der Waals surface area (Å²) in [7, 11) is 6.26. The van der Waals surface area contributed by atoms with Gasteiger partial charge in [-0.2, -0.15) is 0 Å². The first-order valence-corrected chi connectivity index (χ1v) is 8.51. The summed E-state index contributed by atoms with van der Waals surface area (Å²) in [6.45, 7) is 4.95. The molecule has 0 spiro atoms. The fraction of sp³-hybridized carbons (Fsp3) is 0.526. The van der Waals surface area contributed by atoms with Crippen molar-refractivity contribution in [2.24, 2.45) is 0 Å². The van der Waals surface area contributed by atoms with Crippen LogP contribution in [0.3, 0.4) is 0 Å². The number of nitrogens with zero attached hydrogens (tertiary/aromatic N) is 3. The molecule has 0 amide bonds. The van der Waals surface area contributed by atoms with Crippen LogP contribution in [-0.2, 0) is 12.0 Å². The SMILES string of the molecule is CCc1onc(C)c1C1(CN(C)C)C(CO)c2ccccc2N1C. The number of aryl methyl sites for hydroxylation is 2. The average Bonchev–Trinajstić information content (AvgIpc) is 3.04. The van der Waals surface area contributed by atoms with E-state index < -0.39 is 5.54 Å². The molecule has 1 aromatic heterocycles. The second-order valence-corrected chi connectivity index (χ2v) is 6.93. The number of hydrogen-bond acceptors (Lipinski definition) is 5. The number of anilines is 1. The van der Waals surface area contributed by atoms with Gasteiger partial charge in [0, 0.05) is 37.2 Å². The molecule has 5 heteroatoms. The number of rotatable bonds is 5. The third-order valence-corrected chi connectivity index (χ3v) is 5.28. The zero-order chi connectivity index (χ0) is 17.5. The van der Waals surface area contributed by atoms with E-state index in [0.29, 0.717) is 0 Å². The van der Waals surface area contributed by atoms with Crippen LogP contribution in [0.2, 0.25) is 0 Å². The Kier molecular flexibility index (Phi) is 4.40. The second-order valence-electron chi connectivity index (χ2n) is 6.93. The first-order valence-electron chi connectivity index (χ1n) is 8.51. The van der Waals surface area contributed by atoms with Crippen molar-refractivity contribution < 1.29 is 9.63 Å². The van der Waals surface area contributed by atoms with Crippen LogP contribution < -0.4 is 4.90 Å². The number of likely N-dealkylation sites (N-methyl/N-ethyl adjacent to an activating group) is 2. The highest BCUT2D eigenvalue weighted by Gasteiger charge is 2.53. The molecule has 0 bridgehead atoms. The minimum Gasteiger partial charge on any atom is -0.396 e. The first-order chi connectivity index (χ1) is 11.5. The molecule has 1 aliphatic heterocycles. The van der Waals surface area contributed by atoms with Crippen LogP contribution in [0.5, 0.6) is 0 Å². The normalized spacial score (nSPS) is 23.1. The molecule has 1 N–H and O–H groups in total. The van der Waals surface area contributed by atoms with E-state index in [9.17, 15) is 5.11 Å². The topological polar surface area (TPSA) is 52.7 Å². The Labute approximate surface area is 143 Å². The highest BCUT2D eigenvalue weighted by atomic mass is 16.5. The molecular weight excluding hydrogens is 302 g/mol. The quantitative estimate of drug-likeness (QED) is 0.913. The largest absolute Gasteiger partial charge is 0.396 e. The van der Waals surface area contributed by atoms with Crippen molar-refractivity contribution in [3.8, 4) is 0 Å². The zero-order valence-corrected chi connectivity index (χ0v) is 15.2. The standard InChI is InChI=1S/C19H27N3O2/c1-6-17-18(13(2)20-24-17)19(12-21(3)4)15(11-23)14-9-7-8-10-16(14)22(19)5/h7-10,15,23H,6,11-12H2,1-5H3. The maximum Gasteiger partial charge on any atom is 0.142 e. The van der Waals surface area contributed by atoms with Gasteiger partial charge in [0.25, 0.3) is 0 Å². The number of aromatic nitrogens is 1. The summed E-state index contributed by atoms with van der Waals surface area (Å²) in [6, 6.07) is 8.35. The number of fused-ring (bicyclic) bond motifs is 1. The van der Waals surface area contributed by atoms with E-state index >= 15 is 0 Å². The molecular formula is C19H27N3O2. The van der Waals surface area contributed by atoms with Crippen molar-refractivity contribution in [3.05, 3.63) is 46.8 Å². The summed E-state index contributed by atoms with van der Waals surface area (Å²) in [5, 5.41) is 14.6. The number of aliphatic hydroxyl groups excluding tert-OH is 1. The molecule has 3 rings (SSSR count). The van der Waals surface area contributed by atoms with Crippen molar-refractivity contribution >= 4 is 5.69 Å². The number of para-hydroxylation sites is 1. The molecule has 5 nitrogen and oxygen atoms in total. The van der Waals surface area contributed by atoms with Gasteiger partial charge in [-0.25, -0.2) is 0 Å². The molecule has 2 unspecified atom stereocenters. The van der Waals surface area contributed by atoms with Gasteiger partial charge in [0.1, 0.15) is 5.76 Å². The molecule has 2 heterocycles. The Balaban J connectivity index is 2.29. The lowest BCUT2D eigenvalue weighted by molar-refractivity contribution is 0.176. The Bertz CT molecular complexity index is 725. The minimum atomic E-state index is -0.392. The summed E-state index contributed by atoms with van der Waals surface area (Å²) >= 11 is 0. The molecule has 24 heavy (non-hydrogen) atoms. The van der Waals surface area contributed by atoms with Crippen molar-refractivity contribution in [1.82, 2.24) is 10.1 Å². The van der Waals surface area contributed by atoms with Crippen LogP contribution in [0.1, 0.15) is 35.4 Å². The molecule has 1 aromatic carbocycles. The summed E-state index contributed by atoms with van der Waals surface area (Å²) in [4.78, 5) is 4.48. The highest BCUT2D eigenvalue weighted by molar-refractivity contribution is 5.66. The molecule has 0 radical (unpaired) electrons. The van der Waals surface area contributed by atoms with E-state index in [-0.39, 0.29) is 12.5 Å². The van der Waals surface area contributed by atoms with E-state index in [4.69, 9.17) is 4.52 Å². The fourth-order valence-electron chi connectivity index (χ4n) is 4.37. The van der Waals surface area contributed by atoms with Crippen molar-refractivity contribution in [1.29, 1.82) is 0 Å². The molecule has 2 aromatic rings. The summed E-state index contributed by atoms with van der Waals surface area (Å²) in [5.74, 6) is 0.886. The first kappa shape index (κ1) is 17.0. The van der Waals surface area contributed by atoms with Gasteiger partial charge in [0.15, 0.2) is 0 Å². The van der Waals surface area contributed by atoms with Crippen LogP contribution in [0.25, 0.3) is 0 Å². The van der Waals surface area contributed by atoms with Crippen LogP contribution >= 0.6 is 0 Å². The maximum absolute atomic E-state index is 10.3. The molecule has 0 saturated carbocycles. The van der Waals surface area contributed by atoms with Crippen molar-refractivity contribution in [3.63, 3.8) is 0 Å². The van der Waals surface area contributed by atoms with Gasteiger partial charge >= 0.3 is 0 Å². The van der Waals surface area contributed by atoms with E-state index in [1.165, 1.54) is 11.3 Å². The van der Waals surface area contributed by atoms with Gasteiger partial charge in [0.2, 0.25) is 0 Å². The summed E-state index contributed by atoms with van der Waals surface area (Å²) in [6.07, 6.45) is 0.785. The Morgan fingerprint density at radius 2 is 2.04 bits per heavy atom. The van der Waals surface area contributed by atoms with Gasteiger partial charge in [-0.05, 0) is 32.6 Å². The van der Waals surface area contributed by atoms with Gasteiger partial charge in [-0.1, -0.05) is 30.3 Å². The monoisotopic (exact) mass is 329 g/mol. The highest BCUT2D eigenvalue weighted by Crippen LogP contribution is 2.54. The Morgan fingerprint density at radius 3 is 2.67 bits per heavy atom. The van der Waals surface area contributed by atoms with Gasteiger partial charge in [-0.15, -0.1) is 0 Å². The van der Waals surface area contributed by atoms with Gasteiger partial charge in [0.05, 0.1) is 17.8 Å². The zero-order valence-electron chi connectivity index (χ0n) is 15.2. The predicted molar refractivity (Wildman–Crippen MR) is 95.5 cm³/mol. The minimum absolute atomic E-state index is 0.0236. The fourth-order valence-corrected chi connectivity index (χ4v) is 4.37. The maximum atomic E-state index is 10.3. The molecule has 130 valence electrons. The van der Waals surface area contributed by atoms with E-state index in [1.807, 2.05) is 13.0 Å². The molecule has 2 atom stereocenters. The molecule has 0 fully saturated rings.